The van der Waals surface area contributed by atoms with Crippen molar-refractivity contribution in [2.24, 2.45) is 0 Å². The van der Waals surface area contributed by atoms with Crippen LogP contribution in [0.15, 0.2) is 67.0 Å². The first-order valence-electron chi connectivity index (χ1n) is 12.6. The summed E-state index contributed by atoms with van der Waals surface area (Å²) in [5.41, 5.74) is -0.595. The van der Waals surface area contributed by atoms with Crippen molar-refractivity contribution >= 4 is 23.7 Å². The van der Waals surface area contributed by atoms with Gasteiger partial charge in [-0.3, -0.25) is 14.6 Å². The quantitative estimate of drug-likeness (QED) is 0.368. The third kappa shape index (κ3) is 4.66. The van der Waals surface area contributed by atoms with Gasteiger partial charge in [0.05, 0.1) is 25.3 Å². The second-order valence-corrected chi connectivity index (χ2v) is 9.60. The zero-order valence-electron chi connectivity index (χ0n) is 21.4. The number of anilines is 2. The molecule has 2 aromatic carbocycles. The summed E-state index contributed by atoms with van der Waals surface area (Å²) in [6, 6.07) is 12.8. The maximum Gasteiger partial charge on any atom is 0.413 e. The number of carbonyl (C=O) groups is 2. The second kappa shape index (κ2) is 10.2. The largest absolute Gasteiger partial charge is 0.469 e. The summed E-state index contributed by atoms with van der Waals surface area (Å²) in [4.78, 5) is 36.2. The van der Waals surface area contributed by atoms with Crippen molar-refractivity contribution in [2.75, 3.05) is 18.6 Å². The molecule has 11 heteroatoms. The van der Waals surface area contributed by atoms with Crippen LogP contribution in [-0.2, 0) is 26.4 Å². The molecule has 0 radical (unpaired) electrons. The highest BCUT2D eigenvalue weighted by Crippen LogP contribution is 2.56. The van der Waals surface area contributed by atoms with Gasteiger partial charge in [0.15, 0.2) is 11.6 Å². The van der Waals surface area contributed by atoms with E-state index in [1.54, 1.807) is 30.3 Å². The highest BCUT2D eigenvalue weighted by atomic mass is 19.4. The van der Waals surface area contributed by atoms with Gasteiger partial charge in [0, 0.05) is 24.5 Å². The molecule has 3 heterocycles. The van der Waals surface area contributed by atoms with Crippen molar-refractivity contribution in [3.05, 3.63) is 83.7 Å². The van der Waals surface area contributed by atoms with E-state index in [0.29, 0.717) is 18.4 Å². The average molecular weight is 541 g/mol. The number of methoxy groups -OCH3 is 1. The van der Waals surface area contributed by atoms with Gasteiger partial charge < -0.3 is 9.47 Å². The normalized spacial score (nSPS) is 21.2. The van der Waals surface area contributed by atoms with E-state index in [1.165, 1.54) is 42.6 Å². The third-order valence-electron chi connectivity index (χ3n) is 7.15. The van der Waals surface area contributed by atoms with E-state index in [9.17, 15) is 9.59 Å². The molecule has 8 nitrogen and oxygen atoms in total. The first-order chi connectivity index (χ1) is 18.7. The molecular formula is C28H27F3N4O4. The van der Waals surface area contributed by atoms with Crippen LogP contribution >= 0.6 is 0 Å². The molecule has 0 aliphatic carbocycles. The summed E-state index contributed by atoms with van der Waals surface area (Å²) < 4.78 is 55.8. The van der Waals surface area contributed by atoms with Gasteiger partial charge in [0.1, 0.15) is 0 Å². The van der Waals surface area contributed by atoms with E-state index >= 15 is 13.2 Å². The van der Waals surface area contributed by atoms with Crippen LogP contribution in [0.4, 0.5) is 29.6 Å². The molecule has 0 bridgehead atoms. The van der Waals surface area contributed by atoms with Crippen LogP contribution in [0.2, 0.25) is 0 Å². The molecule has 1 aromatic heterocycles. The zero-order valence-corrected chi connectivity index (χ0v) is 21.4. The molecule has 2 aliphatic heterocycles. The van der Waals surface area contributed by atoms with Crippen LogP contribution in [0, 0.1) is 0 Å². The summed E-state index contributed by atoms with van der Waals surface area (Å²) in [6.07, 6.45) is -1.91. The van der Waals surface area contributed by atoms with Gasteiger partial charge in [0.25, 0.3) is 0 Å². The molecule has 5 rings (SSSR count). The molecule has 204 valence electrons. The maximum absolute atomic E-state index is 15.0. The van der Waals surface area contributed by atoms with E-state index < -0.39 is 35.8 Å². The fourth-order valence-corrected chi connectivity index (χ4v) is 5.52. The van der Waals surface area contributed by atoms with Crippen molar-refractivity contribution in [2.45, 2.75) is 50.0 Å². The summed E-state index contributed by atoms with van der Waals surface area (Å²) in [5.74, 6) is -1.36. The molecule has 3 unspecified atom stereocenters. The van der Waals surface area contributed by atoms with Gasteiger partial charge in [-0.05, 0) is 35.7 Å². The number of carbonyl (C=O) groups excluding carboxylic acids is 2. The lowest BCUT2D eigenvalue weighted by Crippen LogP contribution is -2.54. The maximum atomic E-state index is 15.0. The fourth-order valence-electron chi connectivity index (χ4n) is 5.52. The number of rotatable bonds is 7. The van der Waals surface area contributed by atoms with Gasteiger partial charge in [-0.15, -0.1) is 0 Å². The van der Waals surface area contributed by atoms with Gasteiger partial charge in [0.2, 0.25) is 5.95 Å². The third-order valence-corrected chi connectivity index (χ3v) is 7.15. The number of fused-ring (bicyclic) bond motifs is 2. The van der Waals surface area contributed by atoms with Crippen LogP contribution in [-0.4, -0.2) is 52.8 Å². The van der Waals surface area contributed by atoms with E-state index in [-0.39, 0.29) is 30.3 Å². The van der Waals surface area contributed by atoms with Crippen molar-refractivity contribution in [3.63, 3.8) is 0 Å². The Morgan fingerprint density at radius 2 is 1.87 bits per heavy atom. The first kappa shape index (κ1) is 26.5. The van der Waals surface area contributed by atoms with Gasteiger partial charge >= 0.3 is 18.2 Å². The van der Waals surface area contributed by atoms with Crippen LogP contribution in [0.25, 0.3) is 0 Å². The van der Waals surface area contributed by atoms with Crippen LogP contribution in [0.1, 0.15) is 42.4 Å². The highest BCUT2D eigenvalue weighted by Gasteiger charge is 2.69. The van der Waals surface area contributed by atoms with Crippen molar-refractivity contribution < 1.29 is 32.2 Å². The number of halogens is 3. The lowest BCUT2D eigenvalue weighted by molar-refractivity contribution is -0.183. The van der Waals surface area contributed by atoms with Crippen molar-refractivity contribution in [1.82, 2.24) is 14.9 Å². The van der Waals surface area contributed by atoms with Crippen LogP contribution < -0.4 is 4.90 Å². The number of alkyl halides is 3. The number of hydrogen-bond acceptors (Lipinski definition) is 7. The highest BCUT2D eigenvalue weighted by molar-refractivity contribution is 5.81. The van der Waals surface area contributed by atoms with Gasteiger partial charge in [-0.2, -0.15) is 13.2 Å². The first-order valence-corrected chi connectivity index (χ1v) is 12.6. The predicted octanol–water partition coefficient (Wildman–Crippen LogP) is 5.46. The Hall–Kier alpha value is -4.15. The SMILES string of the molecule is CCCC(C(=O)OC)c1ccc2c(c1)C1(CN(Cc3ccccc3)C(=O)O1)C(C(F)(F)F)N2c1ncccn1. The summed E-state index contributed by atoms with van der Waals surface area (Å²) in [7, 11) is 1.27. The molecule has 1 amide bonds. The lowest BCUT2D eigenvalue weighted by atomic mass is 9.85. The standard InChI is InChI=1S/C28H27F3N4O4/c1-3-8-20(23(36)38-2)19-11-12-22-21(15-19)27(17-34(26(37)39-27)16-18-9-5-4-6-10-18)24(28(29,30)31)35(22)25-32-13-7-14-33-25/h4-7,9-15,20,24H,3,8,16-17H2,1-2H3. The zero-order chi connectivity index (χ0) is 27.8. The molecule has 2 aliphatic rings. The van der Waals surface area contributed by atoms with E-state index in [1.807, 2.05) is 13.0 Å². The number of esters is 1. The molecular weight excluding hydrogens is 513 g/mol. The predicted molar refractivity (Wildman–Crippen MR) is 135 cm³/mol. The fraction of sp³-hybridized carbons (Fsp3) is 0.357. The molecule has 0 N–H and O–H groups in total. The number of aromatic nitrogens is 2. The number of ether oxygens (including phenoxy) is 2. The number of hydrogen-bond donors (Lipinski definition) is 0. The Kier molecular flexibility index (Phi) is 6.92. The molecule has 1 spiro atoms. The smallest absolute Gasteiger partial charge is 0.413 e. The Labute approximate surface area is 223 Å². The molecule has 1 saturated heterocycles. The van der Waals surface area contributed by atoms with Gasteiger partial charge in [-0.1, -0.05) is 49.7 Å². The van der Waals surface area contributed by atoms with Crippen LogP contribution in [0.3, 0.4) is 0 Å². The van der Waals surface area contributed by atoms with Gasteiger partial charge in [-0.25, -0.2) is 14.8 Å². The summed E-state index contributed by atoms with van der Waals surface area (Å²) in [5, 5.41) is 0. The molecule has 1 fully saturated rings. The van der Waals surface area contributed by atoms with E-state index in [0.717, 1.165) is 10.5 Å². The van der Waals surface area contributed by atoms with E-state index in [4.69, 9.17) is 9.47 Å². The number of benzene rings is 2. The minimum Gasteiger partial charge on any atom is -0.469 e. The Balaban J connectivity index is 1.68. The summed E-state index contributed by atoms with van der Waals surface area (Å²) in [6.45, 7) is 1.62. The minimum atomic E-state index is -4.84. The minimum absolute atomic E-state index is 0.0729. The van der Waals surface area contributed by atoms with E-state index in [2.05, 4.69) is 9.97 Å². The molecule has 39 heavy (non-hydrogen) atoms. The number of amides is 1. The van der Waals surface area contributed by atoms with Crippen LogP contribution in [0.5, 0.6) is 0 Å². The van der Waals surface area contributed by atoms with Crippen molar-refractivity contribution in [1.29, 1.82) is 0 Å². The average Bonchev–Trinajstić information content (AvgIpc) is 3.40. The Morgan fingerprint density at radius 3 is 2.51 bits per heavy atom. The lowest BCUT2D eigenvalue weighted by Gasteiger charge is -2.35. The summed E-state index contributed by atoms with van der Waals surface area (Å²) >= 11 is 0. The molecule has 0 saturated carbocycles. The van der Waals surface area contributed by atoms with Crippen molar-refractivity contribution in [3.8, 4) is 0 Å². The Morgan fingerprint density at radius 1 is 1.15 bits per heavy atom. The monoisotopic (exact) mass is 540 g/mol. The molecule has 3 atom stereocenters. The second-order valence-electron chi connectivity index (χ2n) is 9.60. The topological polar surface area (TPSA) is 84.9 Å². The number of nitrogens with zero attached hydrogens (tertiary/aromatic N) is 4. The molecule has 3 aromatic rings. The Bertz CT molecular complexity index is 1360.